The highest BCUT2D eigenvalue weighted by molar-refractivity contribution is 7.10. The molecule has 0 aliphatic rings. The van der Waals surface area contributed by atoms with Gasteiger partial charge in [0.15, 0.2) is 0 Å². The molecule has 0 amide bonds. The summed E-state index contributed by atoms with van der Waals surface area (Å²) in [6.07, 6.45) is 7.45. The summed E-state index contributed by atoms with van der Waals surface area (Å²) in [4.78, 5) is 9.84. The molecule has 0 aromatic carbocycles. The average molecular weight is 284 g/mol. The first-order chi connectivity index (χ1) is 9.81. The molecule has 5 heteroatoms. The van der Waals surface area contributed by atoms with Crippen molar-refractivity contribution in [3.8, 4) is 0 Å². The van der Waals surface area contributed by atoms with Gasteiger partial charge in [-0.15, -0.1) is 11.3 Å². The maximum absolute atomic E-state index is 4.45. The van der Waals surface area contributed by atoms with E-state index in [0.29, 0.717) is 0 Å². The first kappa shape index (κ1) is 12.9. The van der Waals surface area contributed by atoms with Gasteiger partial charge in [-0.3, -0.25) is 0 Å². The lowest BCUT2D eigenvalue weighted by Crippen LogP contribution is -2.02. The van der Waals surface area contributed by atoms with Crippen LogP contribution in [0.2, 0.25) is 0 Å². The molecule has 0 radical (unpaired) electrons. The van der Waals surface area contributed by atoms with E-state index in [0.717, 1.165) is 18.9 Å². The Labute approximate surface area is 122 Å². The minimum atomic E-state index is 0.803. The Morgan fingerprint density at radius 1 is 1.30 bits per heavy atom. The number of hydrogen-bond acceptors (Lipinski definition) is 4. The van der Waals surface area contributed by atoms with Gasteiger partial charge in [0.1, 0.15) is 5.82 Å². The summed E-state index contributed by atoms with van der Waals surface area (Å²) >= 11 is 1.77. The molecule has 0 bridgehead atoms. The van der Waals surface area contributed by atoms with Crippen molar-refractivity contribution in [2.24, 2.45) is 0 Å². The van der Waals surface area contributed by atoms with Crippen LogP contribution in [0, 0.1) is 6.92 Å². The lowest BCUT2D eigenvalue weighted by molar-refractivity contribution is 0.793. The van der Waals surface area contributed by atoms with Crippen LogP contribution in [0.15, 0.2) is 48.5 Å². The molecule has 0 saturated carbocycles. The fourth-order valence-electron chi connectivity index (χ4n) is 1.97. The summed E-state index contributed by atoms with van der Waals surface area (Å²) in [7, 11) is 0. The largest absolute Gasteiger partial charge is 0.365 e. The van der Waals surface area contributed by atoms with Crippen LogP contribution < -0.4 is 5.32 Å². The third-order valence-corrected chi connectivity index (χ3v) is 4.17. The summed E-state index contributed by atoms with van der Waals surface area (Å²) in [6, 6.07) is 6.26. The van der Waals surface area contributed by atoms with Crippen LogP contribution in [0.3, 0.4) is 0 Å². The Hall–Kier alpha value is -2.14. The number of imidazole rings is 1. The lowest BCUT2D eigenvalue weighted by Gasteiger charge is -2.07. The molecule has 0 spiro atoms. The zero-order valence-electron chi connectivity index (χ0n) is 11.3. The molecule has 0 saturated heterocycles. The Morgan fingerprint density at radius 2 is 2.25 bits per heavy atom. The number of pyridine rings is 1. The fraction of sp³-hybridized carbons (Fsp3) is 0.200. The summed E-state index contributed by atoms with van der Waals surface area (Å²) in [5, 5.41) is 5.47. The lowest BCUT2D eigenvalue weighted by atomic mass is 10.2. The van der Waals surface area contributed by atoms with Crippen molar-refractivity contribution in [1.29, 1.82) is 0 Å². The van der Waals surface area contributed by atoms with Gasteiger partial charge in [0.05, 0.1) is 12.9 Å². The molecule has 3 aromatic heterocycles. The van der Waals surface area contributed by atoms with Gasteiger partial charge in [-0.1, -0.05) is 6.07 Å². The van der Waals surface area contributed by atoms with Gasteiger partial charge in [-0.2, -0.15) is 0 Å². The van der Waals surface area contributed by atoms with E-state index in [-0.39, 0.29) is 0 Å². The molecular formula is C15H16N4S. The highest BCUT2D eigenvalue weighted by Gasteiger charge is 2.01. The molecule has 102 valence electrons. The molecule has 0 fully saturated rings. The Balaban J connectivity index is 1.60. The van der Waals surface area contributed by atoms with Gasteiger partial charge < -0.3 is 9.88 Å². The smallest absolute Gasteiger partial charge is 0.126 e. The molecule has 0 aliphatic heterocycles. The molecule has 3 heterocycles. The standard InChI is InChI=1S/C15H16N4S/c1-12-4-7-20-14(12)9-18-15-3-2-13(8-17-15)10-19-6-5-16-11-19/h2-8,11H,9-10H2,1H3,(H,17,18). The van der Waals surface area contributed by atoms with Crippen molar-refractivity contribution >= 4 is 17.2 Å². The zero-order chi connectivity index (χ0) is 13.8. The van der Waals surface area contributed by atoms with Crippen LogP contribution in [-0.2, 0) is 13.1 Å². The summed E-state index contributed by atoms with van der Waals surface area (Å²) in [6.45, 7) is 3.77. The number of rotatable bonds is 5. The van der Waals surface area contributed by atoms with Crippen molar-refractivity contribution < 1.29 is 0 Å². The van der Waals surface area contributed by atoms with E-state index in [4.69, 9.17) is 0 Å². The molecule has 20 heavy (non-hydrogen) atoms. The highest BCUT2D eigenvalue weighted by Crippen LogP contribution is 2.17. The molecule has 1 N–H and O–H groups in total. The fourth-order valence-corrected chi connectivity index (χ4v) is 2.82. The first-order valence-corrected chi connectivity index (χ1v) is 7.37. The van der Waals surface area contributed by atoms with E-state index < -0.39 is 0 Å². The second kappa shape index (κ2) is 5.88. The predicted molar refractivity (Wildman–Crippen MR) is 81.9 cm³/mol. The zero-order valence-corrected chi connectivity index (χ0v) is 12.1. The quantitative estimate of drug-likeness (QED) is 0.781. The molecule has 3 rings (SSSR count). The molecule has 4 nitrogen and oxygen atoms in total. The van der Waals surface area contributed by atoms with Crippen molar-refractivity contribution in [3.63, 3.8) is 0 Å². The number of thiophene rings is 1. The van der Waals surface area contributed by atoms with Crippen LogP contribution in [0.25, 0.3) is 0 Å². The van der Waals surface area contributed by atoms with Gasteiger partial charge >= 0.3 is 0 Å². The van der Waals surface area contributed by atoms with Crippen LogP contribution in [0.1, 0.15) is 16.0 Å². The molecule has 0 atom stereocenters. The van der Waals surface area contributed by atoms with Crippen LogP contribution >= 0.6 is 11.3 Å². The number of anilines is 1. The monoisotopic (exact) mass is 284 g/mol. The van der Waals surface area contributed by atoms with Gasteiger partial charge in [0.25, 0.3) is 0 Å². The minimum absolute atomic E-state index is 0.803. The van der Waals surface area contributed by atoms with Gasteiger partial charge in [-0.05, 0) is 35.6 Å². The topological polar surface area (TPSA) is 42.7 Å². The number of aromatic nitrogens is 3. The molecule has 0 unspecified atom stereocenters. The van der Waals surface area contributed by atoms with Crippen molar-refractivity contribution in [2.45, 2.75) is 20.0 Å². The van der Waals surface area contributed by atoms with Crippen molar-refractivity contribution in [1.82, 2.24) is 14.5 Å². The van der Waals surface area contributed by atoms with Gasteiger partial charge in [0.2, 0.25) is 0 Å². The van der Waals surface area contributed by atoms with Gasteiger partial charge in [0, 0.05) is 30.0 Å². The summed E-state index contributed by atoms with van der Waals surface area (Å²) < 4.78 is 2.03. The SMILES string of the molecule is Cc1ccsc1CNc1ccc(Cn2ccnc2)cn1. The van der Waals surface area contributed by atoms with E-state index in [1.54, 1.807) is 17.5 Å². The number of nitrogens with one attached hydrogen (secondary N) is 1. The second-order valence-electron chi connectivity index (χ2n) is 4.67. The van der Waals surface area contributed by atoms with E-state index in [1.807, 2.05) is 29.4 Å². The van der Waals surface area contributed by atoms with E-state index in [2.05, 4.69) is 39.7 Å². The Bertz CT molecular complexity index is 656. The van der Waals surface area contributed by atoms with Crippen molar-refractivity contribution in [2.75, 3.05) is 5.32 Å². The third-order valence-electron chi connectivity index (χ3n) is 3.15. The molecular weight excluding hydrogens is 268 g/mol. The number of aryl methyl sites for hydroxylation is 1. The minimum Gasteiger partial charge on any atom is -0.365 e. The maximum atomic E-state index is 4.45. The maximum Gasteiger partial charge on any atom is 0.126 e. The Morgan fingerprint density at radius 3 is 2.90 bits per heavy atom. The molecule has 0 aliphatic carbocycles. The third kappa shape index (κ3) is 3.05. The van der Waals surface area contributed by atoms with Gasteiger partial charge in [-0.25, -0.2) is 9.97 Å². The van der Waals surface area contributed by atoms with E-state index in [1.165, 1.54) is 16.0 Å². The number of hydrogen-bond donors (Lipinski definition) is 1. The normalized spacial score (nSPS) is 10.7. The predicted octanol–water partition coefficient (Wildman–Crippen LogP) is 3.31. The van der Waals surface area contributed by atoms with E-state index >= 15 is 0 Å². The Kier molecular flexibility index (Phi) is 3.78. The van der Waals surface area contributed by atoms with Crippen LogP contribution in [-0.4, -0.2) is 14.5 Å². The molecule has 3 aromatic rings. The van der Waals surface area contributed by atoms with Crippen LogP contribution in [0.5, 0.6) is 0 Å². The summed E-state index contributed by atoms with van der Waals surface area (Å²) in [5.74, 6) is 0.909. The average Bonchev–Trinajstić information content (AvgIpc) is 3.10. The first-order valence-electron chi connectivity index (χ1n) is 6.49. The number of nitrogens with zero attached hydrogens (tertiary/aromatic N) is 3. The van der Waals surface area contributed by atoms with Crippen LogP contribution in [0.4, 0.5) is 5.82 Å². The second-order valence-corrected chi connectivity index (χ2v) is 5.67. The highest BCUT2D eigenvalue weighted by atomic mass is 32.1. The summed E-state index contributed by atoms with van der Waals surface area (Å²) in [5.41, 5.74) is 2.50. The van der Waals surface area contributed by atoms with Crippen molar-refractivity contribution in [3.05, 3.63) is 64.5 Å². The van der Waals surface area contributed by atoms with E-state index in [9.17, 15) is 0 Å².